The second-order valence-electron chi connectivity index (χ2n) is 9.41. The Morgan fingerprint density at radius 1 is 0.972 bits per heavy atom. The number of carbonyl (C=O) groups is 2. The summed E-state index contributed by atoms with van der Waals surface area (Å²) in [5, 5.41) is 2.93. The molecule has 0 aliphatic rings. The van der Waals surface area contributed by atoms with Crippen molar-refractivity contribution in [2.45, 2.75) is 40.2 Å². The van der Waals surface area contributed by atoms with Gasteiger partial charge >= 0.3 is 0 Å². The van der Waals surface area contributed by atoms with Crippen LogP contribution in [0.3, 0.4) is 0 Å². The highest BCUT2D eigenvalue weighted by molar-refractivity contribution is 5.94. The fourth-order valence-electron chi connectivity index (χ4n) is 3.94. The van der Waals surface area contributed by atoms with Crippen molar-refractivity contribution >= 4 is 17.8 Å². The summed E-state index contributed by atoms with van der Waals surface area (Å²) in [7, 11) is 0. The molecule has 2 aromatic carbocycles. The van der Waals surface area contributed by atoms with Crippen LogP contribution in [0.25, 0.3) is 16.9 Å². The molecule has 0 bridgehead atoms. The Balaban J connectivity index is 1.62. The van der Waals surface area contributed by atoms with E-state index in [2.05, 4.69) is 31.3 Å². The van der Waals surface area contributed by atoms with Gasteiger partial charge in [-0.25, -0.2) is 4.98 Å². The van der Waals surface area contributed by atoms with Crippen LogP contribution in [0, 0.1) is 5.92 Å². The van der Waals surface area contributed by atoms with Gasteiger partial charge in [-0.2, -0.15) is 0 Å². The van der Waals surface area contributed by atoms with Crippen LogP contribution < -0.4 is 5.32 Å². The Morgan fingerprint density at radius 2 is 1.69 bits per heavy atom. The first-order chi connectivity index (χ1) is 17.3. The average molecular weight is 485 g/mol. The van der Waals surface area contributed by atoms with E-state index in [1.807, 2.05) is 67.1 Å². The number of hydrogen-bond acceptors (Lipinski definition) is 4. The van der Waals surface area contributed by atoms with Crippen molar-refractivity contribution in [3.63, 3.8) is 0 Å². The topological polar surface area (TPSA) is 80.4 Å². The molecule has 0 fully saturated rings. The normalized spacial score (nSPS) is 11.2. The smallest absolute Gasteiger partial charge is 0.246 e. The first kappa shape index (κ1) is 25.0. The van der Waals surface area contributed by atoms with Crippen molar-refractivity contribution < 1.29 is 14.0 Å². The molecule has 2 aromatic heterocycles. The summed E-state index contributed by atoms with van der Waals surface area (Å²) in [6, 6.07) is 21.6. The van der Waals surface area contributed by atoms with Crippen molar-refractivity contribution in [1.82, 2.24) is 14.5 Å². The number of imidazole rings is 1. The highest BCUT2D eigenvalue weighted by Crippen LogP contribution is 2.25. The molecule has 0 saturated heterocycles. The van der Waals surface area contributed by atoms with Gasteiger partial charge in [-0.05, 0) is 35.7 Å². The molecule has 0 atom stereocenters. The van der Waals surface area contributed by atoms with Crippen LogP contribution in [0.2, 0.25) is 0 Å². The lowest BCUT2D eigenvalue weighted by Gasteiger charge is -2.23. The molecule has 1 N–H and O–H groups in total. The zero-order valence-electron chi connectivity index (χ0n) is 21.1. The van der Waals surface area contributed by atoms with Crippen molar-refractivity contribution in [2.24, 2.45) is 5.92 Å². The number of furan rings is 1. The molecule has 0 radical (unpaired) electrons. The number of carbonyl (C=O) groups excluding carboxylic acids is 2. The molecule has 0 unspecified atom stereocenters. The van der Waals surface area contributed by atoms with Crippen molar-refractivity contribution in [3.8, 4) is 16.9 Å². The maximum absolute atomic E-state index is 13.2. The number of rotatable bonds is 9. The summed E-state index contributed by atoms with van der Waals surface area (Å²) in [5.74, 6) is 0.722. The van der Waals surface area contributed by atoms with Crippen LogP contribution in [0.4, 0.5) is 5.95 Å². The first-order valence-electron chi connectivity index (χ1n) is 12.2. The van der Waals surface area contributed by atoms with Gasteiger partial charge in [0.2, 0.25) is 17.8 Å². The summed E-state index contributed by atoms with van der Waals surface area (Å²) in [5.41, 5.74) is 3.80. The number of benzene rings is 2. The lowest BCUT2D eigenvalue weighted by molar-refractivity contribution is -0.138. The van der Waals surface area contributed by atoms with E-state index >= 15 is 0 Å². The molecule has 0 aliphatic carbocycles. The summed E-state index contributed by atoms with van der Waals surface area (Å²) in [4.78, 5) is 32.2. The SMILES string of the molecule is CC(C)C(=O)N(CC(=O)Nc1nc(-c2ccccc2)cn1-c1ccc(C(C)C)cc1)Cc1ccco1. The third-order valence-corrected chi connectivity index (χ3v) is 5.93. The molecule has 7 heteroatoms. The molecule has 4 aromatic rings. The largest absolute Gasteiger partial charge is 0.467 e. The molecule has 2 amide bonds. The van der Waals surface area contributed by atoms with Gasteiger partial charge in [-0.1, -0.05) is 70.2 Å². The maximum atomic E-state index is 13.2. The molecule has 0 saturated carbocycles. The van der Waals surface area contributed by atoms with Gasteiger partial charge in [0, 0.05) is 23.4 Å². The predicted molar refractivity (Wildman–Crippen MR) is 141 cm³/mol. The van der Waals surface area contributed by atoms with Crippen molar-refractivity contribution in [3.05, 3.63) is 90.5 Å². The summed E-state index contributed by atoms with van der Waals surface area (Å²) >= 11 is 0. The van der Waals surface area contributed by atoms with Crippen molar-refractivity contribution in [1.29, 1.82) is 0 Å². The van der Waals surface area contributed by atoms with E-state index in [9.17, 15) is 9.59 Å². The Bertz CT molecular complexity index is 1290. The molecular weight excluding hydrogens is 452 g/mol. The fourth-order valence-corrected chi connectivity index (χ4v) is 3.94. The minimum absolute atomic E-state index is 0.114. The van der Waals surface area contributed by atoms with E-state index in [-0.39, 0.29) is 30.8 Å². The van der Waals surface area contributed by atoms with Gasteiger partial charge in [0.1, 0.15) is 12.3 Å². The Morgan fingerprint density at radius 3 is 2.31 bits per heavy atom. The number of anilines is 1. The second-order valence-corrected chi connectivity index (χ2v) is 9.41. The van der Waals surface area contributed by atoms with Crippen LogP contribution in [-0.4, -0.2) is 32.8 Å². The highest BCUT2D eigenvalue weighted by atomic mass is 16.3. The zero-order chi connectivity index (χ0) is 25.7. The minimum Gasteiger partial charge on any atom is -0.467 e. The molecule has 186 valence electrons. The van der Waals surface area contributed by atoms with Crippen LogP contribution in [0.1, 0.15) is 44.9 Å². The number of aromatic nitrogens is 2. The molecule has 0 aliphatic heterocycles. The number of hydrogen-bond donors (Lipinski definition) is 1. The van der Waals surface area contributed by atoms with Gasteiger partial charge < -0.3 is 9.32 Å². The summed E-state index contributed by atoms with van der Waals surface area (Å²) in [6.45, 7) is 8.04. The van der Waals surface area contributed by atoms with E-state index in [1.165, 1.54) is 10.5 Å². The predicted octanol–water partition coefficient (Wildman–Crippen LogP) is 5.88. The first-order valence-corrected chi connectivity index (χ1v) is 12.2. The number of nitrogens with one attached hydrogen (secondary N) is 1. The van der Waals surface area contributed by atoms with Gasteiger partial charge in [0.05, 0.1) is 18.5 Å². The molecule has 4 rings (SSSR count). The molecule has 0 spiro atoms. The third kappa shape index (κ3) is 5.92. The van der Waals surface area contributed by atoms with E-state index in [0.717, 1.165) is 16.9 Å². The maximum Gasteiger partial charge on any atom is 0.246 e. The standard InChI is InChI=1S/C29H32N4O3/c1-20(2)22-12-14-24(15-13-22)33-18-26(23-9-6-5-7-10-23)30-29(33)31-27(34)19-32(28(35)21(3)4)17-25-11-8-16-36-25/h5-16,18,20-21H,17,19H2,1-4H3,(H,30,31,34). The number of nitrogens with zero attached hydrogens (tertiary/aromatic N) is 3. The average Bonchev–Trinajstić information content (AvgIpc) is 3.54. The monoisotopic (exact) mass is 484 g/mol. The van der Waals surface area contributed by atoms with Crippen LogP contribution in [-0.2, 0) is 16.1 Å². The molecule has 2 heterocycles. The van der Waals surface area contributed by atoms with Gasteiger partial charge in [-0.3, -0.25) is 19.5 Å². The van der Waals surface area contributed by atoms with Gasteiger partial charge in [0.25, 0.3) is 0 Å². The zero-order valence-corrected chi connectivity index (χ0v) is 21.1. The van der Waals surface area contributed by atoms with Gasteiger partial charge in [0.15, 0.2) is 0 Å². The third-order valence-electron chi connectivity index (χ3n) is 5.93. The second kappa shape index (κ2) is 11.1. The summed E-state index contributed by atoms with van der Waals surface area (Å²) < 4.78 is 7.27. The molecule has 7 nitrogen and oxygen atoms in total. The van der Waals surface area contributed by atoms with E-state index < -0.39 is 0 Å². The van der Waals surface area contributed by atoms with Crippen LogP contribution in [0.5, 0.6) is 0 Å². The van der Waals surface area contributed by atoms with Crippen LogP contribution in [0.15, 0.2) is 83.6 Å². The minimum atomic E-state index is -0.333. The Kier molecular flexibility index (Phi) is 7.68. The van der Waals surface area contributed by atoms with E-state index in [1.54, 1.807) is 18.4 Å². The quantitative estimate of drug-likeness (QED) is 0.322. The summed E-state index contributed by atoms with van der Waals surface area (Å²) in [6.07, 6.45) is 3.47. The lowest BCUT2D eigenvalue weighted by atomic mass is 10.0. The number of amides is 2. The fraction of sp³-hybridized carbons (Fsp3) is 0.276. The Labute approximate surface area is 211 Å². The Hall–Kier alpha value is -4.13. The van der Waals surface area contributed by atoms with Crippen molar-refractivity contribution in [2.75, 3.05) is 11.9 Å². The highest BCUT2D eigenvalue weighted by Gasteiger charge is 2.22. The van der Waals surface area contributed by atoms with E-state index in [4.69, 9.17) is 9.40 Å². The lowest BCUT2D eigenvalue weighted by Crippen LogP contribution is -2.39. The van der Waals surface area contributed by atoms with Crippen LogP contribution >= 0.6 is 0 Å². The van der Waals surface area contributed by atoms with E-state index in [0.29, 0.717) is 17.6 Å². The molecule has 36 heavy (non-hydrogen) atoms. The van der Waals surface area contributed by atoms with Gasteiger partial charge in [-0.15, -0.1) is 0 Å². The molecular formula is C29H32N4O3.